The molecule has 1 aliphatic heterocycles. The third kappa shape index (κ3) is 3.77. The van der Waals surface area contributed by atoms with Crippen LogP contribution in [-0.2, 0) is 16.7 Å². The van der Waals surface area contributed by atoms with E-state index in [0.29, 0.717) is 28.3 Å². The van der Waals surface area contributed by atoms with E-state index < -0.39 is 5.97 Å². The Kier molecular flexibility index (Phi) is 5.25. The lowest BCUT2D eigenvalue weighted by molar-refractivity contribution is 0.0600. The van der Waals surface area contributed by atoms with Crippen molar-refractivity contribution in [1.82, 2.24) is 5.32 Å². The summed E-state index contributed by atoms with van der Waals surface area (Å²) in [5.74, 6) is -0.0408. The van der Waals surface area contributed by atoms with Crippen molar-refractivity contribution in [2.24, 2.45) is 0 Å². The summed E-state index contributed by atoms with van der Waals surface area (Å²) in [6.07, 6.45) is 0.672. The number of nitrogens with one attached hydrogen (secondary N) is 2. The Labute approximate surface area is 169 Å². The van der Waals surface area contributed by atoms with Crippen molar-refractivity contribution >= 4 is 28.2 Å². The number of ether oxygens (including phenoxy) is 2. The molecule has 7 heteroatoms. The maximum Gasteiger partial charge on any atom is 0.341 e. The van der Waals surface area contributed by atoms with E-state index in [2.05, 4.69) is 38.3 Å². The minimum Gasteiger partial charge on any atom is -0.497 e. The summed E-state index contributed by atoms with van der Waals surface area (Å²) < 4.78 is 10.2. The molecule has 0 unspecified atom stereocenters. The van der Waals surface area contributed by atoms with E-state index in [1.165, 1.54) is 18.4 Å². The van der Waals surface area contributed by atoms with Gasteiger partial charge in [0.1, 0.15) is 10.8 Å². The van der Waals surface area contributed by atoms with Gasteiger partial charge in [0, 0.05) is 21.5 Å². The van der Waals surface area contributed by atoms with Crippen LogP contribution in [0.3, 0.4) is 0 Å². The molecule has 2 aromatic rings. The highest BCUT2D eigenvalue weighted by molar-refractivity contribution is 7.17. The number of anilines is 1. The van der Waals surface area contributed by atoms with Crippen molar-refractivity contribution in [3.05, 3.63) is 45.8 Å². The van der Waals surface area contributed by atoms with Crippen LogP contribution in [0.5, 0.6) is 5.75 Å². The fourth-order valence-electron chi connectivity index (χ4n) is 3.85. The van der Waals surface area contributed by atoms with Gasteiger partial charge < -0.3 is 20.1 Å². The highest BCUT2D eigenvalue weighted by Crippen LogP contribution is 2.45. The first kappa shape index (κ1) is 20.4. The van der Waals surface area contributed by atoms with Crippen LogP contribution in [0, 0.1) is 0 Å². The Hall–Kier alpha value is -2.38. The van der Waals surface area contributed by atoms with Gasteiger partial charge >= 0.3 is 5.97 Å². The first-order chi connectivity index (χ1) is 13.1. The van der Waals surface area contributed by atoms with E-state index in [-0.39, 0.29) is 17.0 Å². The van der Waals surface area contributed by atoms with Gasteiger partial charge in [-0.3, -0.25) is 4.79 Å². The smallest absolute Gasteiger partial charge is 0.341 e. The molecule has 1 aromatic heterocycles. The summed E-state index contributed by atoms with van der Waals surface area (Å²) in [6, 6.07) is 6.83. The van der Waals surface area contributed by atoms with Crippen molar-refractivity contribution in [3.63, 3.8) is 0 Å². The van der Waals surface area contributed by atoms with Crippen LogP contribution in [0.2, 0.25) is 0 Å². The molecule has 6 nitrogen and oxygen atoms in total. The lowest BCUT2D eigenvalue weighted by Crippen LogP contribution is -2.55. The Balaban J connectivity index is 2.02. The summed E-state index contributed by atoms with van der Waals surface area (Å²) in [5.41, 5.74) is 1.37. The van der Waals surface area contributed by atoms with Gasteiger partial charge in [-0.15, -0.1) is 11.3 Å². The number of carbonyl (C=O) groups is 2. The Morgan fingerprint density at radius 2 is 1.75 bits per heavy atom. The van der Waals surface area contributed by atoms with Gasteiger partial charge in [-0.05, 0) is 63.9 Å². The number of benzene rings is 1. The van der Waals surface area contributed by atoms with Gasteiger partial charge in [-0.25, -0.2) is 4.79 Å². The predicted molar refractivity (Wildman–Crippen MR) is 111 cm³/mol. The number of fused-ring (bicyclic) bond motifs is 1. The Morgan fingerprint density at radius 1 is 1.11 bits per heavy atom. The molecule has 0 radical (unpaired) electrons. The molecular formula is C21H26N2O4S. The highest BCUT2D eigenvalue weighted by atomic mass is 32.1. The molecule has 2 N–H and O–H groups in total. The summed E-state index contributed by atoms with van der Waals surface area (Å²) in [5, 5.41) is 7.05. The first-order valence-corrected chi connectivity index (χ1v) is 9.89. The second-order valence-electron chi connectivity index (χ2n) is 8.10. The number of carbonyl (C=O) groups excluding carboxylic acids is 2. The topological polar surface area (TPSA) is 76.7 Å². The molecule has 0 bridgehead atoms. The minimum absolute atomic E-state index is 0.183. The zero-order valence-corrected chi connectivity index (χ0v) is 17.9. The summed E-state index contributed by atoms with van der Waals surface area (Å²) >= 11 is 1.42. The van der Waals surface area contributed by atoms with E-state index in [9.17, 15) is 9.59 Å². The van der Waals surface area contributed by atoms with Crippen LogP contribution in [0.1, 0.15) is 58.9 Å². The van der Waals surface area contributed by atoms with Crippen molar-refractivity contribution in [2.45, 2.75) is 45.2 Å². The lowest BCUT2D eigenvalue weighted by Gasteiger charge is -2.42. The maximum absolute atomic E-state index is 12.8. The molecule has 0 spiro atoms. The lowest BCUT2D eigenvalue weighted by atomic mass is 9.81. The van der Waals surface area contributed by atoms with Crippen molar-refractivity contribution in [2.75, 3.05) is 19.5 Å². The number of thiophene rings is 1. The molecule has 0 fully saturated rings. The van der Waals surface area contributed by atoms with Gasteiger partial charge in [-0.1, -0.05) is 0 Å². The van der Waals surface area contributed by atoms with Crippen LogP contribution in [0.25, 0.3) is 0 Å². The Bertz CT molecular complexity index is 913. The number of amides is 1. The van der Waals surface area contributed by atoms with E-state index in [0.717, 1.165) is 10.4 Å². The zero-order chi connectivity index (χ0) is 20.7. The first-order valence-electron chi connectivity index (χ1n) is 9.07. The van der Waals surface area contributed by atoms with Crippen molar-refractivity contribution < 1.29 is 19.1 Å². The van der Waals surface area contributed by atoms with Gasteiger partial charge in [0.2, 0.25) is 0 Å². The van der Waals surface area contributed by atoms with Gasteiger partial charge in [-0.2, -0.15) is 0 Å². The normalized spacial score (nSPS) is 16.8. The number of esters is 1. The van der Waals surface area contributed by atoms with Crippen LogP contribution in [0.4, 0.5) is 5.00 Å². The average molecular weight is 403 g/mol. The Morgan fingerprint density at radius 3 is 2.32 bits per heavy atom. The molecule has 0 saturated heterocycles. The van der Waals surface area contributed by atoms with Gasteiger partial charge in [0.05, 0.1) is 19.8 Å². The third-order valence-corrected chi connectivity index (χ3v) is 6.28. The molecular weight excluding hydrogens is 376 g/mol. The van der Waals surface area contributed by atoms with Crippen molar-refractivity contribution in [1.29, 1.82) is 0 Å². The maximum atomic E-state index is 12.8. The number of hydrogen-bond acceptors (Lipinski definition) is 6. The molecule has 3 rings (SSSR count). The van der Waals surface area contributed by atoms with E-state index in [4.69, 9.17) is 9.47 Å². The van der Waals surface area contributed by atoms with Gasteiger partial charge in [0.25, 0.3) is 5.91 Å². The fourth-order valence-corrected chi connectivity index (χ4v) is 5.11. The number of rotatable bonds is 4. The molecule has 150 valence electrons. The standard InChI is InChI=1S/C21H26N2O4S/c1-20(2)11-14-15(19(25)27-6)18(28-16(14)21(3,4)23-20)22-17(24)12-7-9-13(26-5)10-8-12/h7-10,23H,11H2,1-6H3,(H,22,24). The van der Waals surface area contributed by atoms with Crippen LogP contribution < -0.4 is 15.4 Å². The second-order valence-corrected chi connectivity index (χ2v) is 9.12. The molecule has 0 saturated carbocycles. The quantitative estimate of drug-likeness (QED) is 0.757. The van der Waals surface area contributed by atoms with Crippen LogP contribution in [-0.4, -0.2) is 31.6 Å². The largest absolute Gasteiger partial charge is 0.497 e. The van der Waals surface area contributed by atoms with E-state index in [1.54, 1.807) is 31.4 Å². The third-order valence-electron chi connectivity index (χ3n) is 4.81. The SMILES string of the molecule is COC(=O)c1c(NC(=O)c2ccc(OC)cc2)sc2c1CC(C)(C)NC2(C)C. The number of methoxy groups -OCH3 is 2. The molecule has 0 aliphatic carbocycles. The summed E-state index contributed by atoms with van der Waals surface area (Å²) in [7, 11) is 2.93. The van der Waals surface area contributed by atoms with Gasteiger partial charge in [0.15, 0.2) is 0 Å². The minimum atomic E-state index is -0.434. The summed E-state index contributed by atoms with van der Waals surface area (Å²) in [4.78, 5) is 26.4. The molecule has 1 amide bonds. The second kappa shape index (κ2) is 7.22. The summed E-state index contributed by atoms with van der Waals surface area (Å²) in [6.45, 7) is 8.37. The van der Waals surface area contributed by atoms with Crippen molar-refractivity contribution in [3.8, 4) is 5.75 Å². The predicted octanol–water partition coefficient (Wildman–Crippen LogP) is 3.96. The van der Waals surface area contributed by atoms with Crippen LogP contribution in [0.15, 0.2) is 24.3 Å². The van der Waals surface area contributed by atoms with Crippen LogP contribution >= 0.6 is 11.3 Å². The van der Waals surface area contributed by atoms with E-state index in [1.807, 2.05) is 0 Å². The fraction of sp³-hybridized carbons (Fsp3) is 0.429. The molecule has 2 heterocycles. The molecule has 1 aliphatic rings. The van der Waals surface area contributed by atoms with E-state index >= 15 is 0 Å². The molecule has 1 aromatic carbocycles. The highest BCUT2D eigenvalue weighted by Gasteiger charge is 2.42. The molecule has 28 heavy (non-hydrogen) atoms. The zero-order valence-electron chi connectivity index (χ0n) is 17.1. The number of hydrogen-bond donors (Lipinski definition) is 2. The molecule has 0 atom stereocenters. The average Bonchev–Trinajstić information content (AvgIpc) is 2.98. The monoisotopic (exact) mass is 402 g/mol.